The topological polar surface area (TPSA) is 114 Å². The second-order valence-corrected chi connectivity index (χ2v) is 4.28. The zero-order valence-corrected chi connectivity index (χ0v) is 12.3. The first-order valence-electron chi connectivity index (χ1n) is 6.31. The number of benzene rings is 1. The van der Waals surface area contributed by atoms with Gasteiger partial charge in [0, 0.05) is 0 Å². The van der Waals surface area contributed by atoms with Crippen molar-refractivity contribution in [3.63, 3.8) is 0 Å². The summed E-state index contributed by atoms with van der Waals surface area (Å²) in [4.78, 5) is 34.0. The number of phenolic OH excluding ortho intramolecular Hbond substituents is 1. The van der Waals surface area contributed by atoms with Gasteiger partial charge in [0.2, 0.25) is 0 Å². The molecule has 1 rings (SSSR count). The van der Waals surface area contributed by atoms with Crippen molar-refractivity contribution < 1.29 is 42.1 Å². The van der Waals surface area contributed by atoms with Crippen molar-refractivity contribution in [2.24, 2.45) is 0 Å². The van der Waals surface area contributed by atoms with E-state index >= 15 is 0 Å². The fraction of sp³-hybridized carbons (Fsp3) is 0.308. The lowest BCUT2D eigenvalue weighted by atomic mass is 10.2. The first-order chi connectivity index (χ1) is 11.1. The molecule has 3 amide bonds. The molecule has 11 heteroatoms. The van der Waals surface area contributed by atoms with E-state index in [-0.39, 0.29) is 11.3 Å². The van der Waals surface area contributed by atoms with Gasteiger partial charge in [-0.1, -0.05) is 6.07 Å². The third-order valence-electron chi connectivity index (χ3n) is 2.48. The van der Waals surface area contributed by atoms with Crippen LogP contribution in [0.5, 0.6) is 11.5 Å². The highest BCUT2D eigenvalue weighted by Crippen LogP contribution is 2.29. The Morgan fingerprint density at radius 2 is 1.92 bits per heavy atom. The van der Waals surface area contributed by atoms with Gasteiger partial charge in [-0.15, -0.1) is 0 Å². The van der Waals surface area contributed by atoms with Gasteiger partial charge in [-0.25, -0.2) is 9.59 Å². The minimum atomic E-state index is -4.63. The molecule has 0 bridgehead atoms. The highest BCUT2D eigenvalue weighted by molar-refractivity contribution is 5.98. The van der Waals surface area contributed by atoms with Crippen LogP contribution >= 0.6 is 0 Å². The Labute approximate surface area is 133 Å². The zero-order chi connectivity index (χ0) is 18.3. The molecular weight excluding hydrogens is 337 g/mol. The first-order valence-corrected chi connectivity index (χ1v) is 6.31. The minimum absolute atomic E-state index is 0.000398. The molecule has 3 N–H and O–H groups in total. The number of hydrogen-bond donors (Lipinski definition) is 3. The number of imide groups is 1. The normalized spacial score (nSPS) is 10.7. The van der Waals surface area contributed by atoms with Gasteiger partial charge in [0.1, 0.15) is 12.1 Å². The van der Waals surface area contributed by atoms with E-state index < -0.39 is 43.0 Å². The van der Waals surface area contributed by atoms with Gasteiger partial charge in [0.05, 0.1) is 7.11 Å². The van der Waals surface area contributed by atoms with E-state index in [0.29, 0.717) is 0 Å². The first kappa shape index (κ1) is 19.1. The summed E-state index contributed by atoms with van der Waals surface area (Å²) >= 11 is 0. The number of urea groups is 1. The lowest BCUT2D eigenvalue weighted by Crippen LogP contribution is -2.44. The van der Waals surface area contributed by atoms with Crippen LogP contribution in [0.15, 0.2) is 18.2 Å². The van der Waals surface area contributed by atoms with Crippen LogP contribution < -0.4 is 15.4 Å². The number of phenols is 1. The van der Waals surface area contributed by atoms with E-state index in [1.165, 1.54) is 30.6 Å². The van der Waals surface area contributed by atoms with Gasteiger partial charge in [0.25, 0.3) is 5.91 Å². The molecule has 0 fully saturated rings. The fourth-order valence-electron chi connectivity index (χ4n) is 1.45. The highest BCUT2D eigenvalue weighted by atomic mass is 19.4. The van der Waals surface area contributed by atoms with Crippen molar-refractivity contribution in [2.45, 2.75) is 6.18 Å². The summed E-state index contributed by atoms with van der Waals surface area (Å²) in [7, 11) is 1.26. The van der Waals surface area contributed by atoms with Gasteiger partial charge in [0.15, 0.2) is 18.1 Å². The monoisotopic (exact) mass is 350 g/mol. The molecule has 8 nitrogen and oxygen atoms in total. The van der Waals surface area contributed by atoms with Crippen LogP contribution in [0, 0.1) is 0 Å². The number of para-hydroxylation sites is 1. The number of ether oxygens (including phenoxy) is 2. The van der Waals surface area contributed by atoms with Crippen LogP contribution in [0.25, 0.3) is 0 Å². The van der Waals surface area contributed by atoms with Crippen molar-refractivity contribution in [3.8, 4) is 11.5 Å². The molecule has 0 spiro atoms. The van der Waals surface area contributed by atoms with E-state index in [4.69, 9.17) is 4.74 Å². The maximum absolute atomic E-state index is 11.9. The summed E-state index contributed by atoms with van der Waals surface area (Å²) in [5, 5.41) is 12.7. The molecule has 1 aromatic carbocycles. The van der Waals surface area contributed by atoms with Crippen LogP contribution in [0.3, 0.4) is 0 Å². The van der Waals surface area contributed by atoms with Gasteiger partial charge in [-0.05, 0) is 12.1 Å². The number of nitrogens with one attached hydrogen (secondary N) is 2. The van der Waals surface area contributed by atoms with E-state index in [2.05, 4.69) is 4.74 Å². The number of esters is 1. The number of rotatable bonds is 5. The molecular formula is C13H13F3N2O6. The van der Waals surface area contributed by atoms with Crippen molar-refractivity contribution in [1.82, 2.24) is 10.6 Å². The standard InChI is InChI=1S/C13H13F3N2O6/c1-23-8-4-2-3-7(10(8)20)11(21)24-5-9(19)18-12(22)17-6-13(14,15)16/h2-4,20H,5-6H2,1H3,(H2,17,18,19,22). The largest absolute Gasteiger partial charge is 0.504 e. The van der Waals surface area contributed by atoms with E-state index in [1.54, 1.807) is 5.32 Å². The smallest absolute Gasteiger partial charge is 0.405 e. The Hall–Kier alpha value is -2.98. The predicted octanol–water partition coefficient (Wildman–Crippen LogP) is 0.946. The zero-order valence-electron chi connectivity index (χ0n) is 12.3. The van der Waals surface area contributed by atoms with Gasteiger partial charge >= 0.3 is 18.2 Å². The molecule has 0 heterocycles. The summed E-state index contributed by atoms with van der Waals surface area (Å²) in [6, 6.07) is 2.58. The van der Waals surface area contributed by atoms with Gasteiger partial charge in [-0.2, -0.15) is 13.2 Å². The molecule has 0 saturated carbocycles. The number of halogens is 3. The van der Waals surface area contributed by atoms with Crippen LogP contribution in [0.2, 0.25) is 0 Å². The van der Waals surface area contributed by atoms with Gasteiger partial charge in [-0.3, -0.25) is 10.1 Å². The summed E-state index contributed by atoms with van der Waals surface area (Å²) in [5.74, 6) is -2.74. The molecule has 0 unspecified atom stereocenters. The minimum Gasteiger partial charge on any atom is -0.504 e. The number of aromatic hydroxyl groups is 1. The molecule has 0 aromatic heterocycles. The Kier molecular flexibility index (Phi) is 6.38. The quantitative estimate of drug-likeness (QED) is 0.681. The van der Waals surface area contributed by atoms with Crippen molar-refractivity contribution in [1.29, 1.82) is 0 Å². The van der Waals surface area contributed by atoms with E-state index in [0.717, 1.165) is 0 Å². The lowest BCUT2D eigenvalue weighted by Gasteiger charge is -2.10. The number of alkyl halides is 3. The van der Waals surface area contributed by atoms with E-state index in [1.807, 2.05) is 0 Å². The second kappa shape index (κ2) is 8.04. The SMILES string of the molecule is COc1cccc(C(=O)OCC(=O)NC(=O)NCC(F)(F)F)c1O. The predicted molar refractivity (Wildman–Crippen MR) is 72.5 cm³/mol. The maximum atomic E-state index is 11.9. The Balaban J connectivity index is 2.50. The molecule has 0 aliphatic rings. The maximum Gasteiger partial charge on any atom is 0.405 e. The molecule has 24 heavy (non-hydrogen) atoms. The van der Waals surface area contributed by atoms with Crippen molar-refractivity contribution >= 4 is 17.9 Å². The summed E-state index contributed by atoms with van der Waals surface area (Å²) < 4.78 is 44.9. The molecule has 0 aliphatic carbocycles. The third-order valence-corrected chi connectivity index (χ3v) is 2.48. The summed E-state index contributed by atoms with van der Waals surface area (Å²) in [6.45, 7) is -2.56. The molecule has 0 aliphatic heterocycles. The Morgan fingerprint density at radius 1 is 1.25 bits per heavy atom. The number of hydrogen-bond acceptors (Lipinski definition) is 6. The average molecular weight is 350 g/mol. The Morgan fingerprint density at radius 3 is 2.50 bits per heavy atom. The second-order valence-electron chi connectivity index (χ2n) is 4.28. The number of carbonyl (C=O) groups is 3. The van der Waals surface area contributed by atoms with Crippen LogP contribution in [0.1, 0.15) is 10.4 Å². The summed E-state index contributed by atoms with van der Waals surface area (Å²) in [5.41, 5.74) is -0.288. The molecule has 0 saturated heterocycles. The molecule has 1 aromatic rings. The fourth-order valence-corrected chi connectivity index (χ4v) is 1.45. The van der Waals surface area contributed by atoms with Crippen LogP contribution in [-0.2, 0) is 9.53 Å². The van der Waals surface area contributed by atoms with Crippen molar-refractivity contribution in [3.05, 3.63) is 23.8 Å². The molecule has 0 radical (unpaired) electrons. The Bertz CT molecular complexity index is 633. The van der Waals surface area contributed by atoms with Gasteiger partial charge < -0.3 is 19.9 Å². The van der Waals surface area contributed by atoms with E-state index in [9.17, 15) is 32.7 Å². The number of amides is 3. The van der Waals surface area contributed by atoms with Crippen LogP contribution in [-0.4, -0.2) is 49.5 Å². The van der Waals surface area contributed by atoms with Crippen LogP contribution in [0.4, 0.5) is 18.0 Å². The third kappa shape index (κ3) is 6.02. The van der Waals surface area contributed by atoms with Crippen molar-refractivity contribution in [2.75, 3.05) is 20.3 Å². The highest BCUT2D eigenvalue weighted by Gasteiger charge is 2.28. The molecule has 0 atom stereocenters. The average Bonchev–Trinajstić information content (AvgIpc) is 2.50. The lowest BCUT2D eigenvalue weighted by molar-refractivity contribution is -0.125. The summed E-state index contributed by atoms with van der Waals surface area (Å²) in [6.07, 6.45) is -4.63. The number of carbonyl (C=O) groups excluding carboxylic acids is 3. The molecule has 132 valence electrons. The number of methoxy groups -OCH3 is 1.